The smallest absolute Gasteiger partial charge is 0.112 e. The van der Waals surface area contributed by atoms with Gasteiger partial charge in [0.2, 0.25) is 0 Å². The van der Waals surface area contributed by atoms with E-state index in [0.717, 1.165) is 10.1 Å². The van der Waals surface area contributed by atoms with Crippen LogP contribution in [0.3, 0.4) is 0 Å². The van der Waals surface area contributed by atoms with E-state index in [1.165, 1.54) is 0 Å². The van der Waals surface area contributed by atoms with Gasteiger partial charge in [-0.25, -0.2) is 4.99 Å². The molecule has 0 amide bonds. The molecule has 0 spiro atoms. The van der Waals surface area contributed by atoms with Crippen LogP contribution in [-0.4, -0.2) is 14.1 Å². The first-order valence-electron chi connectivity index (χ1n) is 2.17. The van der Waals surface area contributed by atoms with Crippen molar-refractivity contribution in [1.82, 2.24) is 0 Å². The number of aliphatic imine (C=N–C) groups is 2. The Morgan fingerprint density at radius 1 is 1.75 bits per heavy atom. The highest BCUT2D eigenvalue weighted by molar-refractivity contribution is 14.1. The second kappa shape index (κ2) is 3.09. The first-order valence-corrected chi connectivity index (χ1v) is 4.49. The molecule has 0 radical (unpaired) electrons. The van der Waals surface area contributed by atoms with Crippen LogP contribution in [0.1, 0.15) is 6.42 Å². The molecular formula is C4H4I2N2. The molecule has 0 aromatic rings. The molecule has 0 saturated carbocycles. The van der Waals surface area contributed by atoms with Crippen LogP contribution in [0.25, 0.3) is 0 Å². The highest BCUT2D eigenvalue weighted by Crippen LogP contribution is 2.14. The molecule has 1 rings (SSSR count). The summed E-state index contributed by atoms with van der Waals surface area (Å²) in [6, 6.07) is 0. The van der Waals surface area contributed by atoms with Crippen molar-refractivity contribution in [2.75, 3.05) is 0 Å². The van der Waals surface area contributed by atoms with Gasteiger partial charge in [0, 0.05) is 6.42 Å². The quantitative estimate of drug-likeness (QED) is 0.368. The first kappa shape index (κ1) is 6.91. The third-order valence-electron chi connectivity index (χ3n) is 0.763. The van der Waals surface area contributed by atoms with Crippen molar-refractivity contribution in [2.45, 2.75) is 10.5 Å². The lowest BCUT2D eigenvalue weighted by Gasteiger charge is -2.04. The van der Waals surface area contributed by atoms with Crippen molar-refractivity contribution < 1.29 is 0 Å². The predicted octanol–water partition coefficient (Wildman–Crippen LogP) is 2.01. The summed E-state index contributed by atoms with van der Waals surface area (Å²) in [6.07, 6.45) is 2.62. The molecule has 0 fully saturated rings. The first-order chi connectivity index (χ1) is 3.79. The van der Waals surface area contributed by atoms with E-state index in [9.17, 15) is 0 Å². The lowest BCUT2D eigenvalue weighted by atomic mass is 10.4. The van der Waals surface area contributed by atoms with Gasteiger partial charge in [0.1, 0.15) is 10.4 Å². The van der Waals surface area contributed by atoms with E-state index in [-0.39, 0.29) is 0 Å². The van der Waals surface area contributed by atoms with Gasteiger partial charge in [-0.1, -0.05) is 22.6 Å². The SMILES string of the molecule is IC1=NC=NC(I)C1. The topological polar surface area (TPSA) is 24.7 Å². The summed E-state index contributed by atoms with van der Waals surface area (Å²) in [5.41, 5.74) is 0. The number of rotatable bonds is 0. The Kier molecular flexibility index (Phi) is 2.67. The fourth-order valence-corrected chi connectivity index (χ4v) is 2.36. The van der Waals surface area contributed by atoms with Gasteiger partial charge in [-0.05, 0) is 22.6 Å². The van der Waals surface area contributed by atoms with E-state index in [1.54, 1.807) is 6.34 Å². The summed E-state index contributed by atoms with van der Waals surface area (Å²) >= 11 is 4.51. The third-order valence-corrected chi connectivity index (χ3v) is 2.24. The average Bonchev–Trinajstić information content (AvgIpc) is 1.64. The van der Waals surface area contributed by atoms with Gasteiger partial charge >= 0.3 is 0 Å². The van der Waals surface area contributed by atoms with E-state index in [4.69, 9.17) is 0 Å². The molecule has 0 aliphatic carbocycles. The van der Waals surface area contributed by atoms with Crippen molar-refractivity contribution in [3.63, 3.8) is 0 Å². The minimum absolute atomic E-state index is 0.414. The minimum atomic E-state index is 0.414. The molecule has 1 aliphatic rings. The lowest BCUT2D eigenvalue weighted by molar-refractivity contribution is 1.00. The fourth-order valence-electron chi connectivity index (χ4n) is 0.413. The van der Waals surface area contributed by atoms with E-state index in [0.29, 0.717) is 4.05 Å². The number of hydrogen-bond acceptors (Lipinski definition) is 2. The van der Waals surface area contributed by atoms with Gasteiger partial charge in [0.25, 0.3) is 0 Å². The Labute approximate surface area is 75.1 Å². The molecule has 44 valence electrons. The Bertz CT molecular complexity index is 141. The zero-order valence-electron chi connectivity index (χ0n) is 4.01. The summed E-state index contributed by atoms with van der Waals surface area (Å²) in [5, 5.41) is 0. The number of hydrogen-bond donors (Lipinski definition) is 0. The summed E-state index contributed by atoms with van der Waals surface area (Å²) in [5.74, 6) is 0. The highest BCUT2D eigenvalue weighted by Gasteiger charge is 2.05. The predicted molar refractivity (Wildman–Crippen MR) is 52.4 cm³/mol. The fraction of sp³-hybridized carbons (Fsp3) is 0.500. The zero-order valence-corrected chi connectivity index (χ0v) is 8.33. The zero-order chi connectivity index (χ0) is 5.98. The van der Waals surface area contributed by atoms with Crippen LogP contribution in [0.4, 0.5) is 0 Å². The summed E-state index contributed by atoms with van der Waals surface area (Å²) in [4.78, 5) is 8.04. The lowest BCUT2D eigenvalue weighted by Crippen LogP contribution is -2.03. The number of nitrogens with zero attached hydrogens (tertiary/aromatic N) is 2. The largest absolute Gasteiger partial charge is 0.259 e. The Balaban J connectivity index is 2.59. The second-order valence-corrected chi connectivity index (χ2v) is 4.09. The molecular weight excluding hydrogens is 330 g/mol. The summed E-state index contributed by atoms with van der Waals surface area (Å²) < 4.78 is 1.56. The van der Waals surface area contributed by atoms with Crippen LogP contribution in [0, 0.1) is 0 Å². The molecule has 1 atom stereocenters. The number of halogens is 2. The maximum Gasteiger partial charge on any atom is 0.112 e. The van der Waals surface area contributed by atoms with Crippen LogP contribution >= 0.6 is 45.2 Å². The van der Waals surface area contributed by atoms with Crippen molar-refractivity contribution in [2.24, 2.45) is 9.98 Å². The van der Waals surface area contributed by atoms with Crippen LogP contribution in [-0.2, 0) is 0 Å². The molecule has 1 heterocycles. The van der Waals surface area contributed by atoms with Crippen molar-refractivity contribution in [3.8, 4) is 0 Å². The van der Waals surface area contributed by atoms with E-state index < -0.39 is 0 Å². The monoisotopic (exact) mass is 334 g/mol. The maximum absolute atomic E-state index is 4.05. The Morgan fingerprint density at radius 2 is 2.50 bits per heavy atom. The molecule has 0 N–H and O–H groups in total. The van der Waals surface area contributed by atoms with E-state index in [2.05, 4.69) is 55.2 Å². The van der Waals surface area contributed by atoms with Gasteiger partial charge in [0.05, 0.1) is 3.72 Å². The van der Waals surface area contributed by atoms with Gasteiger partial charge < -0.3 is 0 Å². The van der Waals surface area contributed by atoms with E-state index >= 15 is 0 Å². The van der Waals surface area contributed by atoms with Gasteiger partial charge in [-0.2, -0.15) is 0 Å². The highest BCUT2D eigenvalue weighted by atomic mass is 127. The van der Waals surface area contributed by atoms with Crippen LogP contribution in [0.15, 0.2) is 9.98 Å². The summed E-state index contributed by atoms with van der Waals surface area (Å²) in [7, 11) is 0. The van der Waals surface area contributed by atoms with Crippen LogP contribution < -0.4 is 0 Å². The molecule has 0 saturated heterocycles. The van der Waals surface area contributed by atoms with Gasteiger partial charge in [0.15, 0.2) is 0 Å². The normalized spacial score (nSPS) is 27.8. The van der Waals surface area contributed by atoms with Gasteiger partial charge in [-0.15, -0.1) is 0 Å². The maximum atomic E-state index is 4.05. The average molecular weight is 334 g/mol. The standard InChI is InChI=1S/C4H4I2N2/c5-3-1-4(6)8-2-7-3/h2-3H,1H2. The van der Waals surface area contributed by atoms with Crippen molar-refractivity contribution >= 4 is 55.2 Å². The van der Waals surface area contributed by atoms with Crippen LogP contribution in [0.5, 0.6) is 0 Å². The molecule has 1 aliphatic heterocycles. The molecule has 0 bridgehead atoms. The molecule has 0 aromatic carbocycles. The molecule has 1 unspecified atom stereocenters. The van der Waals surface area contributed by atoms with Crippen molar-refractivity contribution in [1.29, 1.82) is 0 Å². The molecule has 8 heavy (non-hydrogen) atoms. The van der Waals surface area contributed by atoms with E-state index in [1.807, 2.05) is 0 Å². The Morgan fingerprint density at radius 3 is 2.88 bits per heavy atom. The second-order valence-electron chi connectivity index (χ2n) is 1.41. The van der Waals surface area contributed by atoms with Crippen molar-refractivity contribution in [3.05, 3.63) is 0 Å². The van der Waals surface area contributed by atoms with Gasteiger partial charge in [-0.3, -0.25) is 4.99 Å². The molecule has 2 nitrogen and oxygen atoms in total. The summed E-state index contributed by atoms with van der Waals surface area (Å²) in [6.45, 7) is 0. The Hall–Kier alpha value is 0.800. The van der Waals surface area contributed by atoms with Crippen LogP contribution in [0.2, 0.25) is 0 Å². The molecule has 4 heteroatoms. The molecule has 0 aromatic heterocycles. The third kappa shape index (κ3) is 1.96. The minimum Gasteiger partial charge on any atom is -0.259 e. The number of alkyl halides is 1.